The van der Waals surface area contributed by atoms with E-state index in [9.17, 15) is 4.79 Å². The normalized spacial score (nSPS) is 19.1. The highest BCUT2D eigenvalue weighted by Gasteiger charge is 2.39. The van der Waals surface area contributed by atoms with E-state index >= 15 is 0 Å². The highest BCUT2D eigenvalue weighted by Crippen LogP contribution is 2.38. The van der Waals surface area contributed by atoms with E-state index in [1.807, 2.05) is 47.4 Å². The Morgan fingerprint density at radius 2 is 1.86 bits per heavy atom. The Morgan fingerprint density at radius 3 is 2.66 bits per heavy atom. The van der Waals surface area contributed by atoms with Crippen LogP contribution in [0.15, 0.2) is 65.5 Å². The van der Waals surface area contributed by atoms with Crippen LogP contribution in [0.3, 0.4) is 0 Å². The first-order valence-electron chi connectivity index (χ1n) is 9.80. The molecule has 5 rings (SSSR count). The molecule has 0 aliphatic carbocycles. The van der Waals surface area contributed by atoms with Gasteiger partial charge in [-0.3, -0.25) is 4.79 Å². The monoisotopic (exact) mass is 387 g/mol. The Bertz CT molecular complexity index is 1070. The fourth-order valence-corrected chi connectivity index (χ4v) is 4.16. The number of hydrogen-bond acceptors (Lipinski definition) is 5. The number of para-hydroxylation sites is 2. The van der Waals surface area contributed by atoms with Gasteiger partial charge in [0.25, 0.3) is 0 Å². The van der Waals surface area contributed by atoms with Crippen molar-refractivity contribution in [3.8, 4) is 0 Å². The van der Waals surface area contributed by atoms with Crippen LogP contribution in [0.25, 0.3) is 11.0 Å². The van der Waals surface area contributed by atoms with Crippen LogP contribution in [0.1, 0.15) is 35.5 Å². The van der Waals surface area contributed by atoms with Crippen molar-refractivity contribution in [1.29, 1.82) is 0 Å². The van der Waals surface area contributed by atoms with Gasteiger partial charge in [0, 0.05) is 37.8 Å². The number of amides is 1. The van der Waals surface area contributed by atoms with Gasteiger partial charge in [-0.2, -0.15) is 4.98 Å². The molecule has 2 atom stereocenters. The number of carbonyl (C=O) groups excluding carboxylic acids is 1. The first-order valence-corrected chi connectivity index (χ1v) is 9.80. The molecular weight excluding hydrogens is 366 g/mol. The van der Waals surface area contributed by atoms with Crippen LogP contribution < -0.4 is 0 Å². The zero-order valence-electron chi connectivity index (χ0n) is 15.9. The minimum absolute atomic E-state index is 0.0336. The van der Waals surface area contributed by atoms with E-state index in [-0.39, 0.29) is 17.7 Å². The number of aromatic nitrogens is 4. The van der Waals surface area contributed by atoms with Gasteiger partial charge in [0.2, 0.25) is 12.3 Å². The molecule has 0 saturated carbocycles. The lowest BCUT2D eigenvalue weighted by atomic mass is 9.88. The highest BCUT2D eigenvalue weighted by molar-refractivity contribution is 5.78. The Morgan fingerprint density at radius 1 is 1.07 bits per heavy atom. The highest BCUT2D eigenvalue weighted by atomic mass is 16.5. The molecule has 29 heavy (non-hydrogen) atoms. The summed E-state index contributed by atoms with van der Waals surface area (Å²) in [5.74, 6) is 1.81. The molecule has 0 unspecified atom stereocenters. The van der Waals surface area contributed by atoms with Crippen molar-refractivity contribution >= 4 is 16.9 Å². The first kappa shape index (κ1) is 17.6. The lowest BCUT2D eigenvalue weighted by molar-refractivity contribution is -0.130. The third-order valence-electron chi connectivity index (χ3n) is 5.62. The number of aromatic amines is 1. The van der Waals surface area contributed by atoms with Crippen LogP contribution in [0, 0.1) is 0 Å². The summed E-state index contributed by atoms with van der Waals surface area (Å²) in [4.78, 5) is 27.0. The lowest BCUT2D eigenvalue weighted by Gasteiger charge is -2.16. The summed E-state index contributed by atoms with van der Waals surface area (Å²) in [6.07, 6.45) is 2.36. The predicted molar refractivity (Wildman–Crippen MR) is 107 cm³/mol. The zero-order chi connectivity index (χ0) is 19.6. The standard InChI is InChI=1S/C22H21N5O2/c28-21(11-10-20-24-18-8-4-5-9-19(18)25-20)27-12-16(15-6-2-1-3-7-15)17(13-27)22-23-14-29-26-22/h1-9,14,16-17H,10-13H2,(H,24,25)/t16-,17+/m0/s1. The quantitative estimate of drug-likeness (QED) is 0.568. The number of aryl methyl sites for hydroxylation is 1. The Balaban J connectivity index is 1.30. The number of rotatable bonds is 5. The van der Waals surface area contributed by atoms with E-state index in [4.69, 9.17) is 4.52 Å². The minimum Gasteiger partial charge on any atom is -0.343 e. The van der Waals surface area contributed by atoms with Gasteiger partial charge in [-0.15, -0.1) is 0 Å². The van der Waals surface area contributed by atoms with Crippen molar-refractivity contribution in [2.45, 2.75) is 24.7 Å². The fourth-order valence-electron chi connectivity index (χ4n) is 4.16. The zero-order valence-corrected chi connectivity index (χ0v) is 15.9. The van der Waals surface area contributed by atoms with E-state index in [0.29, 0.717) is 31.8 Å². The Kier molecular flexibility index (Phi) is 4.56. The van der Waals surface area contributed by atoms with E-state index in [2.05, 4.69) is 32.2 Å². The number of fused-ring (bicyclic) bond motifs is 1. The second kappa shape index (κ2) is 7.50. The summed E-state index contributed by atoms with van der Waals surface area (Å²) >= 11 is 0. The van der Waals surface area contributed by atoms with Crippen molar-refractivity contribution in [3.63, 3.8) is 0 Å². The molecule has 2 aromatic carbocycles. The van der Waals surface area contributed by atoms with E-state index in [1.54, 1.807) is 0 Å². The predicted octanol–water partition coefficient (Wildman–Crippen LogP) is 3.29. The number of benzene rings is 2. The molecular formula is C22H21N5O2. The van der Waals surface area contributed by atoms with Crippen molar-refractivity contribution in [2.24, 2.45) is 0 Å². The summed E-state index contributed by atoms with van der Waals surface area (Å²) in [7, 11) is 0. The maximum Gasteiger partial charge on any atom is 0.223 e. The summed E-state index contributed by atoms with van der Waals surface area (Å²) in [5.41, 5.74) is 3.12. The van der Waals surface area contributed by atoms with Crippen LogP contribution in [0.5, 0.6) is 0 Å². The SMILES string of the molecule is O=C(CCc1nc2ccccc2[nH]1)N1C[C@@H](c2ccccc2)[C@H](c2ncon2)C1. The number of nitrogens with one attached hydrogen (secondary N) is 1. The molecule has 0 radical (unpaired) electrons. The summed E-state index contributed by atoms with van der Waals surface area (Å²) < 4.78 is 4.96. The fraction of sp³-hybridized carbons (Fsp3) is 0.273. The van der Waals surface area contributed by atoms with Crippen LogP contribution in [-0.4, -0.2) is 44.0 Å². The van der Waals surface area contributed by atoms with Gasteiger partial charge in [0.15, 0.2) is 5.82 Å². The molecule has 1 fully saturated rings. The number of nitrogens with zero attached hydrogens (tertiary/aromatic N) is 4. The summed E-state index contributed by atoms with van der Waals surface area (Å²) in [5, 5.41) is 4.05. The van der Waals surface area contributed by atoms with Crippen molar-refractivity contribution in [1.82, 2.24) is 25.0 Å². The summed E-state index contributed by atoms with van der Waals surface area (Å²) in [6, 6.07) is 18.1. The van der Waals surface area contributed by atoms with Gasteiger partial charge in [0.05, 0.1) is 11.0 Å². The molecule has 0 spiro atoms. The average molecular weight is 387 g/mol. The van der Waals surface area contributed by atoms with Gasteiger partial charge in [0.1, 0.15) is 5.82 Å². The number of imidazole rings is 1. The molecule has 1 amide bonds. The van der Waals surface area contributed by atoms with Gasteiger partial charge in [-0.25, -0.2) is 4.98 Å². The molecule has 0 bridgehead atoms. The largest absolute Gasteiger partial charge is 0.343 e. The molecule has 7 heteroatoms. The molecule has 7 nitrogen and oxygen atoms in total. The van der Waals surface area contributed by atoms with Gasteiger partial charge in [-0.05, 0) is 17.7 Å². The number of H-pyrrole nitrogens is 1. The van der Waals surface area contributed by atoms with E-state index in [0.717, 1.165) is 16.9 Å². The van der Waals surface area contributed by atoms with Gasteiger partial charge >= 0.3 is 0 Å². The number of hydrogen-bond donors (Lipinski definition) is 1. The molecule has 1 aliphatic heterocycles. The minimum atomic E-state index is 0.0336. The van der Waals surface area contributed by atoms with E-state index < -0.39 is 0 Å². The van der Waals surface area contributed by atoms with E-state index in [1.165, 1.54) is 12.0 Å². The third kappa shape index (κ3) is 3.51. The van der Waals surface area contributed by atoms with Crippen LogP contribution in [-0.2, 0) is 11.2 Å². The van der Waals surface area contributed by atoms with Crippen LogP contribution >= 0.6 is 0 Å². The molecule has 146 valence electrons. The second-order valence-electron chi connectivity index (χ2n) is 7.41. The third-order valence-corrected chi connectivity index (χ3v) is 5.62. The van der Waals surface area contributed by atoms with Crippen molar-refractivity contribution in [3.05, 3.63) is 78.2 Å². The molecule has 1 saturated heterocycles. The average Bonchev–Trinajstić information content (AvgIpc) is 3.51. The Labute approximate surface area is 167 Å². The smallest absolute Gasteiger partial charge is 0.223 e. The Hall–Kier alpha value is -3.48. The summed E-state index contributed by atoms with van der Waals surface area (Å²) in [6.45, 7) is 1.25. The number of carbonyl (C=O) groups is 1. The van der Waals surface area contributed by atoms with Gasteiger partial charge in [-0.1, -0.05) is 47.6 Å². The molecule has 2 aromatic heterocycles. The molecule has 4 aromatic rings. The second-order valence-corrected chi connectivity index (χ2v) is 7.41. The molecule has 3 heterocycles. The van der Waals surface area contributed by atoms with Crippen LogP contribution in [0.4, 0.5) is 0 Å². The van der Waals surface area contributed by atoms with Gasteiger partial charge < -0.3 is 14.4 Å². The lowest BCUT2D eigenvalue weighted by Crippen LogP contribution is -2.29. The molecule has 1 N–H and O–H groups in total. The maximum atomic E-state index is 12.9. The molecule has 1 aliphatic rings. The van der Waals surface area contributed by atoms with Crippen molar-refractivity contribution < 1.29 is 9.32 Å². The topological polar surface area (TPSA) is 87.9 Å². The van der Waals surface area contributed by atoms with Crippen molar-refractivity contribution in [2.75, 3.05) is 13.1 Å². The maximum absolute atomic E-state index is 12.9. The van der Waals surface area contributed by atoms with Crippen LogP contribution in [0.2, 0.25) is 0 Å². The first-order chi connectivity index (χ1) is 14.3. The number of likely N-dealkylation sites (tertiary alicyclic amines) is 1.